The number of anilines is 1. The fourth-order valence-corrected chi connectivity index (χ4v) is 5.40. The van der Waals surface area contributed by atoms with Gasteiger partial charge in [0.1, 0.15) is 0 Å². The van der Waals surface area contributed by atoms with Crippen LogP contribution < -0.4 is 4.90 Å². The molecule has 3 aromatic carbocycles. The SMILES string of the molecule is CCC(C(=O)N(CC(=O)N(CCc1c[nH]c2ccccc12)Cc1ccc(N(C)C)cc1)CC(C)C)c1ccccc1. The van der Waals surface area contributed by atoms with E-state index in [4.69, 9.17) is 0 Å². The molecule has 0 spiro atoms. The van der Waals surface area contributed by atoms with Crippen LogP contribution in [0.5, 0.6) is 0 Å². The molecule has 0 aliphatic carbocycles. The molecule has 1 aromatic heterocycles. The summed E-state index contributed by atoms with van der Waals surface area (Å²) >= 11 is 0. The average Bonchev–Trinajstić information content (AvgIpc) is 3.38. The minimum atomic E-state index is -0.263. The van der Waals surface area contributed by atoms with Crippen molar-refractivity contribution in [2.24, 2.45) is 5.92 Å². The molecule has 0 radical (unpaired) electrons. The molecule has 1 unspecified atom stereocenters. The van der Waals surface area contributed by atoms with E-state index in [-0.39, 0.29) is 30.2 Å². The number of nitrogens with zero attached hydrogens (tertiary/aromatic N) is 3. The van der Waals surface area contributed by atoms with Crippen molar-refractivity contribution in [3.63, 3.8) is 0 Å². The molecular formula is C35H44N4O2. The normalized spacial score (nSPS) is 12.0. The molecule has 0 bridgehead atoms. The van der Waals surface area contributed by atoms with Gasteiger partial charge in [-0.1, -0.05) is 81.4 Å². The molecule has 4 aromatic rings. The Bertz CT molecular complexity index is 1410. The van der Waals surface area contributed by atoms with Gasteiger partial charge in [0.2, 0.25) is 11.8 Å². The number of hydrogen-bond donors (Lipinski definition) is 1. The van der Waals surface area contributed by atoms with E-state index in [1.165, 1.54) is 10.9 Å². The van der Waals surface area contributed by atoms with E-state index in [0.717, 1.165) is 28.8 Å². The Labute approximate surface area is 245 Å². The van der Waals surface area contributed by atoms with Crippen molar-refractivity contribution >= 4 is 28.4 Å². The second-order valence-electron chi connectivity index (χ2n) is 11.5. The van der Waals surface area contributed by atoms with Crippen molar-refractivity contribution in [1.82, 2.24) is 14.8 Å². The summed E-state index contributed by atoms with van der Waals surface area (Å²) in [4.78, 5) is 37.0. The molecule has 41 heavy (non-hydrogen) atoms. The maximum atomic E-state index is 14.0. The first-order valence-corrected chi connectivity index (χ1v) is 14.7. The lowest BCUT2D eigenvalue weighted by atomic mass is 9.94. The zero-order valence-corrected chi connectivity index (χ0v) is 25.1. The summed E-state index contributed by atoms with van der Waals surface area (Å²) in [6.45, 7) is 7.90. The molecule has 0 saturated heterocycles. The van der Waals surface area contributed by atoms with Gasteiger partial charge in [-0.2, -0.15) is 0 Å². The number of nitrogens with one attached hydrogen (secondary N) is 1. The van der Waals surface area contributed by atoms with Crippen LogP contribution in [0, 0.1) is 5.92 Å². The van der Waals surface area contributed by atoms with Gasteiger partial charge in [0.05, 0.1) is 12.5 Å². The van der Waals surface area contributed by atoms with E-state index in [1.807, 2.05) is 74.6 Å². The number of carbonyl (C=O) groups excluding carboxylic acids is 2. The summed E-state index contributed by atoms with van der Waals surface area (Å²) < 4.78 is 0. The molecule has 0 fully saturated rings. The number of hydrogen-bond acceptors (Lipinski definition) is 3. The van der Waals surface area contributed by atoms with Gasteiger partial charge in [-0.25, -0.2) is 0 Å². The standard InChI is InChI=1S/C35H44N4O2/c1-6-31(28-12-8-7-9-13-28)35(41)39(23-26(2)3)25-34(40)38(24-27-16-18-30(19-17-27)37(4)5)21-20-29-22-36-33-15-11-10-14-32(29)33/h7-19,22,26,31,36H,6,20-21,23-25H2,1-5H3. The smallest absolute Gasteiger partial charge is 0.242 e. The highest BCUT2D eigenvalue weighted by atomic mass is 16.2. The van der Waals surface area contributed by atoms with Gasteiger partial charge in [0.25, 0.3) is 0 Å². The number of aromatic amines is 1. The predicted molar refractivity (Wildman–Crippen MR) is 169 cm³/mol. The molecule has 6 heteroatoms. The highest BCUT2D eigenvalue weighted by Gasteiger charge is 2.28. The van der Waals surface area contributed by atoms with Crippen LogP contribution in [0.1, 0.15) is 49.8 Å². The van der Waals surface area contributed by atoms with E-state index in [2.05, 4.69) is 60.1 Å². The zero-order chi connectivity index (χ0) is 29.4. The number of H-pyrrole nitrogens is 1. The van der Waals surface area contributed by atoms with E-state index in [9.17, 15) is 9.59 Å². The number of amides is 2. The fourth-order valence-electron chi connectivity index (χ4n) is 5.40. The van der Waals surface area contributed by atoms with Crippen LogP contribution in [-0.2, 0) is 22.6 Å². The number of aromatic nitrogens is 1. The lowest BCUT2D eigenvalue weighted by molar-refractivity contribution is -0.142. The highest BCUT2D eigenvalue weighted by Crippen LogP contribution is 2.24. The summed E-state index contributed by atoms with van der Waals surface area (Å²) in [6, 6.07) is 26.5. The van der Waals surface area contributed by atoms with Crippen LogP contribution in [0.2, 0.25) is 0 Å². The number of rotatable bonds is 13. The van der Waals surface area contributed by atoms with Crippen LogP contribution in [-0.4, -0.2) is 60.3 Å². The Morgan fingerprint density at radius 2 is 1.54 bits per heavy atom. The Balaban J connectivity index is 1.57. The quantitative estimate of drug-likeness (QED) is 0.206. The second kappa shape index (κ2) is 14.0. The molecular weight excluding hydrogens is 508 g/mol. The van der Waals surface area contributed by atoms with Crippen LogP contribution in [0.4, 0.5) is 5.69 Å². The van der Waals surface area contributed by atoms with Crippen molar-refractivity contribution in [3.05, 3.63) is 102 Å². The molecule has 0 aliphatic rings. The lowest BCUT2D eigenvalue weighted by Crippen LogP contribution is -2.46. The summed E-state index contributed by atoms with van der Waals surface area (Å²) in [5.41, 5.74) is 5.47. The summed E-state index contributed by atoms with van der Waals surface area (Å²) in [5, 5.41) is 1.18. The fraction of sp³-hybridized carbons (Fsp3) is 0.371. The minimum absolute atomic E-state index is 0.0210. The summed E-state index contributed by atoms with van der Waals surface area (Å²) in [7, 11) is 4.04. The molecule has 1 heterocycles. The van der Waals surface area contributed by atoms with Gasteiger partial charge >= 0.3 is 0 Å². The van der Waals surface area contributed by atoms with Crippen LogP contribution in [0.3, 0.4) is 0 Å². The third-order valence-corrected chi connectivity index (χ3v) is 7.64. The van der Waals surface area contributed by atoms with Crippen LogP contribution in [0.25, 0.3) is 10.9 Å². The zero-order valence-electron chi connectivity index (χ0n) is 25.1. The van der Waals surface area contributed by atoms with E-state index in [0.29, 0.717) is 26.1 Å². The van der Waals surface area contributed by atoms with Gasteiger partial charge in [-0.15, -0.1) is 0 Å². The number of fused-ring (bicyclic) bond motifs is 1. The first kappa shape index (κ1) is 29.9. The lowest BCUT2D eigenvalue weighted by Gasteiger charge is -2.31. The first-order valence-electron chi connectivity index (χ1n) is 14.7. The maximum Gasteiger partial charge on any atom is 0.242 e. The molecule has 216 valence electrons. The summed E-state index contributed by atoms with van der Waals surface area (Å²) in [5.74, 6) is -0.0228. The topological polar surface area (TPSA) is 59.7 Å². The van der Waals surface area contributed by atoms with E-state index >= 15 is 0 Å². The molecule has 1 atom stereocenters. The number of para-hydroxylation sites is 1. The minimum Gasteiger partial charge on any atom is -0.378 e. The second-order valence-corrected chi connectivity index (χ2v) is 11.5. The van der Waals surface area contributed by atoms with Crippen molar-refractivity contribution < 1.29 is 9.59 Å². The van der Waals surface area contributed by atoms with Gasteiger partial charge < -0.3 is 19.7 Å². The summed E-state index contributed by atoms with van der Waals surface area (Å²) in [6.07, 6.45) is 3.46. The van der Waals surface area contributed by atoms with Crippen LogP contribution in [0.15, 0.2) is 85.1 Å². The van der Waals surface area contributed by atoms with E-state index < -0.39 is 0 Å². The molecule has 4 rings (SSSR count). The van der Waals surface area contributed by atoms with Crippen LogP contribution >= 0.6 is 0 Å². The van der Waals surface area contributed by atoms with Gasteiger partial charge in [0.15, 0.2) is 0 Å². The van der Waals surface area contributed by atoms with Crippen molar-refractivity contribution in [2.75, 3.05) is 38.6 Å². The molecule has 6 nitrogen and oxygen atoms in total. The Morgan fingerprint density at radius 1 is 0.854 bits per heavy atom. The maximum absolute atomic E-state index is 14.0. The van der Waals surface area contributed by atoms with Crippen molar-refractivity contribution in [1.29, 1.82) is 0 Å². The Kier molecular flexibility index (Phi) is 10.2. The van der Waals surface area contributed by atoms with Crippen molar-refractivity contribution in [3.8, 4) is 0 Å². The molecule has 1 N–H and O–H groups in total. The van der Waals surface area contributed by atoms with Crippen molar-refractivity contribution in [2.45, 2.75) is 46.1 Å². The first-order chi connectivity index (χ1) is 19.8. The molecule has 0 saturated carbocycles. The van der Waals surface area contributed by atoms with Gasteiger partial charge in [-0.05, 0) is 53.6 Å². The Hall–Kier alpha value is -4.06. The highest BCUT2D eigenvalue weighted by molar-refractivity contribution is 5.89. The van der Waals surface area contributed by atoms with Gasteiger partial charge in [0, 0.05) is 56.5 Å². The molecule has 2 amide bonds. The number of carbonyl (C=O) groups is 2. The monoisotopic (exact) mass is 552 g/mol. The largest absolute Gasteiger partial charge is 0.378 e. The Morgan fingerprint density at radius 3 is 2.20 bits per heavy atom. The number of benzene rings is 3. The third-order valence-electron chi connectivity index (χ3n) is 7.64. The predicted octanol–water partition coefficient (Wildman–Crippen LogP) is 6.48. The average molecular weight is 553 g/mol. The molecule has 0 aliphatic heterocycles. The van der Waals surface area contributed by atoms with Gasteiger partial charge in [-0.3, -0.25) is 9.59 Å². The third kappa shape index (κ3) is 7.78. The van der Waals surface area contributed by atoms with E-state index in [1.54, 1.807) is 4.90 Å².